The van der Waals surface area contributed by atoms with Crippen LogP contribution in [0.15, 0.2) is 18.2 Å². The quantitative estimate of drug-likeness (QED) is 0.780. The molecule has 20 heavy (non-hydrogen) atoms. The monoisotopic (exact) mass is 285 g/mol. The van der Waals surface area contributed by atoms with Gasteiger partial charge in [-0.25, -0.2) is 8.78 Å². The summed E-state index contributed by atoms with van der Waals surface area (Å²) < 4.78 is 31.5. The van der Waals surface area contributed by atoms with Gasteiger partial charge in [-0.3, -0.25) is 9.59 Å². The van der Waals surface area contributed by atoms with Crippen LogP contribution in [0.25, 0.3) is 0 Å². The molecule has 0 saturated heterocycles. The minimum atomic E-state index is -1.22. The van der Waals surface area contributed by atoms with Crippen LogP contribution in [-0.4, -0.2) is 36.0 Å². The van der Waals surface area contributed by atoms with Gasteiger partial charge in [-0.15, -0.1) is 0 Å². The standard InChI is InChI=1S/C14H17F2NO3/c1-4-20-12(18)8-17(9(2)3)14(19)10-6-5-7-11(15)13(10)16/h5-7,9H,4,8H2,1-3H3. The second kappa shape index (κ2) is 6.98. The van der Waals surface area contributed by atoms with Gasteiger partial charge in [0.05, 0.1) is 12.2 Å². The molecule has 0 fully saturated rings. The average molecular weight is 285 g/mol. The van der Waals surface area contributed by atoms with Crippen molar-refractivity contribution in [1.29, 1.82) is 0 Å². The first kappa shape index (κ1) is 16.1. The van der Waals surface area contributed by atoms with Crippen molar-refractivity contribution in [3.05, 3.63) is 35.4 Å². The summed E-state index contributed by atoms with van der Waals surface area (Å²) in [5.74, 6) is -3.65. The topological polar surface area (TPSA) is 46.6 Å². The SMILES string of the molecule is CCOC(=O)CN(C(=O)c1cccc(F)c1F)C(C)C. The van der Waals surface area contributed by atoms with Crippen LogP contribution in [0.3, 0.4) is 0 Å². The van der Waals surface area contributed by atoms with Gasteiger partial charge in [-0.1, -0.05) is 6.07 Å². The molecule has 0 bridgehead atoms. The fourth-order valence-electron chi connectivity index (χ4n) is 1.66. The lowest BCUT2D eigenvalue weighted by atomic mass is 10.1. The van der Waals surface area contributed by atoms with Gasteiger partial charge in [-0.05, 0) is 32.9 Å². The van der Waals surface area contributed by atoms with Crippen molar-refractivity contribution in [2.75, 3.05) is 13.2 Å². The molecule has 0 N–H and O–H groups in total. The molecule has 6 heteroatoms. The molecule has 110 valence electrons. The van der Waals surface area contributed by atoms with E-state index in [2.05, 4.69) is 0 Å². The van der Waals surface area contributed by atoms with Crippen LogP contribution in [0.2, 0.25) is 0 Å². The third-order valence-corrected chi connectivity index (χ3v) is 2.67. The van der Waals surface area contributed by atoms with Gasteiger partial charge in [-0.2, -0.15) is 0 Å². The summed E-state index contributed by atoms with van der Waals surface area (Å²) in [7, 11) is 0. The summed E-state index contributed by atoms with van der Waals surface area (Å²) in [5.41, 5.74) is -0.400. The van der Waals surface area contributed by atoms with E-state index in [9.17, 15) is 18.4 Å². The van der Waals surface area contributed by atoms with Crippen molar-refractivity contribution in [3.8, 4) is 0 Å². The summed E-state index contributed by atoms with van der Waals surface area (Å²) >= 11 is 0. The predicted octanol–water partition coefficient (Wildman–Crippen LogP) is 2.38. The second-order valence-electron chi connectivity index (χ2n) is 4.43. The first-order valence-electron chi connectivity index (χ1n) is 6.29. The number of halogens is 2. The highest BCUT2D eigenvalue weighted by molar-refractivity contribution is 5.96. The number of rotatable bonds is 5. The van der Waals surface area contributed by atoms with E-state index in [4.69, 9.17) is 4.74 Å². The molecule has 0 saturated carbocycles. The van der Waals surface area contributed by atoms with E-state index >= 15 is 0 Å². The number of hydrogen-bond acceptors (Lipinski definition) is 3. The number of ether oxygens (including phenoxy) is 1. The Labute approximate surface area is 116 Å². The summed E-state index contributed by atoms with van der Waals surface area (Å²) in [6.45, 7) is 4.88. The maximum absolute atomic E-state index is 13.6. The molecule has 0 aliphatic heterocycles. The minimum absolute atomic E-state index is 0.188. The van der Waals surface area contributed by atoms with E-state index in [1.165, 1.54) is 12.1 Å². The molecule has 0 radical (unpaired) electrons. The van der Waals surface area contributed by atoms with Crippen molar-refractivity contribution in [2.24, 2.45) is 0 Å². The van der Waals surface area contributed by atoms with E-state index in [1.54, 1.807) is 20.8 Å². The Morgan fingerprint density at radius 3 is 2.50 bits per heavy atom. The molecule has 0 spiro atoms. The lowest BCUT2D eigenvalue weighted by Crippen LogP contribution is -2.41. The van der Waals surface area contributed by atoms with Gasteiger partial charge < -0.3 is 9.64 Å². The van der Waals surface area contributed by atoms with E-state index in [1.807, 2.05) is 0 Å². The van der Waals surface area contributed by atoms with E-state index in [0.717, 1.165) is 11.0 Å². The molecule has 0 unspecified atom stereocenters. The summed E-state index contributed by atoms with van der Waals surface area (Å²) in [6, 6.07) is 3.00. The molecule has 0 aliphatic rings. The van der Waals surface area contributed by atoms with E-state index < -0.39 is 29.1 Å². The molecule has 0 atom stereocenters. The Kier molecular flexibility index (Phi) is 5.61. The number of esters is 1. The van der Waals surface area contributed by atoms with E-state index in [0.29, 0.717) is 0 Å². The zero-order valence-corrected chi connectivity index (χ0v) is 11.7. The third kappa shape index (κ3) is 3.76. The molecule has 0 aromatic heterocycles. The summed E-state index contributed by atoms with van der Waals surface area (Å²) in [5, 5.41) is 0. The number of benzene rings is 1. The Hall–Kier alpha value is -1.98. The van der Waals surface area contributed by atoms with Crippen LogP contribution in [0.1, 0.15) is 31.1 Å². The van der Waals surface area contributed by atoms with Crippen molar-refractivity contribution in [2.45, 2.75) is 26.8 Å². The Morgan fingerprint density at radius 2 is 1.95 bits per heavy atom. The van der Waals surface area contributed by atoms with Crippen LogP contribution in [0.4, 0.5) is 8.78 Å². The number of amides is 1. The van der Waals surface area contributed by atoms with Crippen LogP contribution in [0, 0.1) is 11.6 Å². The van der Waals surface area contributed by atoms with Crippen LogP contribution >= 0.6 is 0 Å². The molecular formula is C14H17F2NO3. The summed E-state index contributed by atoms with van der Waals surface area (Å²) in [4.78, 5) is 24.8. The van der Waals surface area contributed by atoms with Crippen LogP contribution in [0.5, 0.6) is 0 Å². The number of carbonyl (C=O) groups is 2. The minimum Gasteiger partial charge on any atom is -0.465 e. The molecule has 1 rings (SSSR count). The molecular weight excluding hydrogens is 268 g/mol. The van der Waals surface area contributed by atoms with Gasteiger partial charge in [0, 0.05) is 6.04 Å². The predicted molar refractivity (Wildman–Crippen MR) is 69.2 cm³/mol. The van der Waals surface area contributed by atoms with Crippen molar-refractivity contribution in [3.63, 3.8) is 0 Å². The van der Waals surface area contributed by atoms with Gasteiger partial charge in [0.1, 0.15) is 6.54 Å². The average Bonchev–Trinajstić information content (AvgIpc) is 2.38. The highest BCUT2D eigenvalue weighted by atomic mass is 19.2. The lowest BCUT2D eigenvalue weighted by molar-refractivity contribution is -0.144. The lowest BCUT2D eigenvalue weighted by Gasteiger charge is -2.25. The Balaban J connectivity index is 3.00. The summed E-state index contributed by atoms with van der Waals surface area (Å²) in [6.07, 6.45) is 0. The second-order valence-corrected chi connectivity index (χ2v) is 4.43. The van der Waals surface area contributed by atoms with Gasteiger partial charge in [0.2, 0.25) is 0 Å². The van der Waals surface area contributed by atoms with Crippen LogP contribution < -0.4 is 0 Å². The van der Waals surface area contributed by atoms with Crippen molar-refractivity contribution >= 4 is 11.9 Å². The molecule has 1 aromatic carbocycles. The van der Waals surface area contributed by atoms with E-state index in [-0.39, 0.29) is 19.2 Å². The number of nitrogens with zero attached hydrogens (tertiary/aromatic N) is 1. The molecule has 1 amide bonds. The Bertz CT molecular complexity index is 503. The molecule has 4 nitrogen and oxygen atoms in total. The first-order valence-corrected chi connectivity index (χ1v) is 6.29. The molecule has 0 aliphatic carbocycles. The van der Waals surface area contributed by atoms with Crippen LogP contribution in [-0.2, 0) is 9.53 Å². The molecule has 0 heterocycles. The highest BCUT2D eigenvalue weighted by Crippen LogP contribution is 2.15. The third-order valence-electron chi connectivity index (χ3n) is 2.67. The van der Waals surface area contributed by atoms with Gasteiger partial charge in [0.15, 0.2) is 11.6 Å². The maximum Gasteiger partial charge on any atom is 0.325 e. The van der Waals surface area contributed by atoms with Crippen molar-refractivity contribution in [1.82, 2.24) is 4.90 Å². The van der Waals surface area contributed by atoms with Crippen molar-refractivity contribution < 1.29 is 23.1 Å². The Morgan fingerprint density at radius 1 is 1.30 bits per heavy atom. The zero-order chi connectivity index (χ0) is 15.3. The van der Waals surface area contributed by atoms with Gasteiger partial charge >= 0.3 is 5.97 Å². The largest absolute Gasteiger partial charge is 0.465 e. The molecule has 1 aromatic rings. The highest BCUT2D eigenvalue weighted by Gasteiger charge is 2.25. The normalized spacial score (nSPS) is 10.5. The first-order chi connectivity index (χ1) is 9.38. The maximum atomic E-state index is 13.6. The number of carbonyl (C=O) groups excluding carboxylic acids is 2. The zero-order valence-electron chi connectivity index (χ0n) is 11.7. The smallest absolute Gasteiger partial charge is 0.325 e. The fraction of sp³-hybridized carbons (Fsp3) is 0.429. The fourth-order valence-corrected chi connectivity index (χ4v) is 1.66. The number of hydrogen-bond donors (Lipinski definition) is 0. The van der Waals surface area contributed by atoms with Gasteiger partial charge in [0.25, 0.3) is 5.91 Å².